The van der Waals surface area contributed by atoms with Crippen LogP contribution in [0.4, 0.5) is 0 Å². The first-order valence-corrected chi connectivity index (χ1v) is 7.68. The molecule has 0 amide bonds. The first-order valence-electron chi connectivity index (χ1n) is 7.28. The maximum atomic E-state index is 5.51. The molecule has 0 saturated heterocycles. The van der Waals surface area contributed by atoms with Crippen molar-refractivity contribution in [3.63, 3.8) is 0 Å². The average molecular weight is 310 g/mol. The highest BCUT2D eigenvalue weighted by Crippen LogP contribution is 2.13. The van der Waals surface area contributed by atoms with E-state index in [2.05, 4.69) is 36.2 Å². The van der Waals surface area contributed by atoms with Crippen LogP contribution in [0.3, 0.4) is 0 Å². The molecule has 0 bridgehead atoms. The summed E-state index contributed by atoms with van der Waals surface area (Å²) in [4.78, 5) is 2.13. The Balaban J connectivity index is 2.69. The number of ether oxygens (including phenoxy) is 2. The Morgan fingerprint density at radius 2 is 1.95 bits per heavy atom. The van der Waals surface area contributed by atoms with E-state index in [9.17, 15) is 0 Å². The van der Waals surface area contributed by atoms with Crippen molar-refractivity contribution >= 4 is 17.3 Å². The minimum absolute atomic E-state index is 0.374. The van der Waals surface area contributed by atoms with Crippen molar-refractivity contribution in [1.82, 2.24) is 10.2 Å². The molecule has 0 saturated carbocycles. The minimum Gasteiger partial charge on any atom is -0.497 e. The Bertz CT molecular complexity index is 423. The lowest BCUT2D eigenvalue weighted by atomic mass is 10.2. The molecule has 1 atom stereocenters. The summed E-state index contributed by atoms with van der Waals surface area (Å²) in [5, 5.41) is 4.13. The van der Waals surface area contributed by atoms with Crippen LogP contribution in [-0.4, -0.2) is 43.4 Å². The van der Waals surface area contributed by atoms with Gasteiger partial charge in [0.15, 0.2) is 5.11 Å². The molecule has 0 spiro atoms. The summed E-state index contributed by atoms with van der Waals surface area (Å²) in [5.41, 5.74) is 1.19. The number of hydrogen-bond donors (Lipinski definition) is 1. The van der Waals surface area contributed by atoms with Crippen LogP contribution in [0.1, 0.15) is 25.8 Å². The lowest BCUT2D eigenvalue weighted by molar-refractivity contribution is 0.173. The number of thiocarbonyl (C=S) groups is 1. The molecule has 1 aromatic carbocycles. The van der Waals surface area contributed by atoms with Gasteiger partial charge >= 0.3 is 0 Å². The second-order valence-corrected chi connectivity index (χ2v) is 5.41. The van der Waals surface area contributed by atoms with Crippen molar-refractivity contribution in [2.75, 3.05) is 27.4 Å². The molecule has 0 fully saturated rings. The van der Waals surface area contributed by atoms with Gasteiger partial charge in [-0.25, -0.2) is 0 Å². The molecular formula is C16H26N2O2S. The highest BCUT2D eigenvalue weighted by molar-refractivity contribution is 7.80. The van der Waals surface area contributed by atoms with Gasteiger partial charge in [-0.1, -0.05) is 19.1 Å². The van der Waals surface area contributed by atoms with Gasteiger partial charge in [-0.05, 0) is 43.3 Å². The molecule has 0 radical (unpaired) electrons. The molecule has 0 aliphatic heterocycles. The zero-order valence-corrected chi connectivity index (χ0v) is 14.2. The lowest BCUT2D eigenvalue weighted by Crippen LogP contribution is -2.44. The van der Waals surface area contributed by atoms with Crippen LogP contribution in [0.15, 0.2) is 24.3 Å². The second-order valence-electron chi connectivity index (χ2n) is 5.02. The largest absolute Gasteiger partial charge is 0.497 e. The van der Waals surface area contributed by atoms with Gasteiger partial charge < -0.3 is 19.7 Å². The highest BCUT2D eigenvalue weighted by Gasteiger charge is 2.12. The molecule has 0 aliphatic carbocycles. The maximum absolute atomic E-state index is 5.51. The van der Waals surface area contributed by atoms with Gasteiger partial charge in [0.1, 0.15) is 5.75 Å². The zero-order valence-electron chi connectivity index (χ0n) is 13.4. The Kier molecular flexibility index (Phi) is 8.08. The van der Waals surface area contributed by atoms with Crippen LogP contribution >= 0.6 is 12.2 Å². The summed E-state index contributed by atoms with van der Waals surface area (Å²) in [6.07, 6.45) is 1.04. The van der Waals surface area contributed by atoms with Gasteiger partial charge in [0.2, 0.25) is 0 Å². The summed E-state index contributed by atoms with van der Waals surface area (Å²) >= 11 is 5.51. The molecule has 0 heterocycles. The van der Waals surface area contributed by atoms with Gasteiger partial charge in [-0.3, -0.25) is 0 Å². The van der Waals surface area contributed by atoms with E-state index in [4.69, 9.17) is 21.7 Å². The summed E-state index contributed by atoms with van der Waals surface area (Å²) in [7, 11) is 3.38. The minimum atomic E-state index is 0.374. The standard InChI is InChI=1S/C16H26N2O2S/c1-5-13(2)17-16(21)18(10-11-19-3)12-14-6-8-15(20-4)9-7-14/h6-9,13H,5,10-12H2,1-4H3,(H,17,21)/t13-/m1/s1. The van der Waals surface area contributed by atoms with Gasteiger partial charge in [0.25, 0.3) is 0 Å². The van der Waals surface area contributed by atoms with Gasteiger partial charge in [-0.2, -0.15) is 0 Å². The van der Waals surface area contributed by atoms with Crippen LogP contribution < -0.4 is 10.1 Å². The summed E-state index contributed by atoms with van der Waals surface area (Å²) in [6, 6.07) is 8.43. The SMILES string of the molecule is CC[C@@H](C)NC(=S)N(CCOC)Cc1ccc(OC)cc1. The molecule has 4 nitrogen and oxygen atoms in total. The second kappa shape index (κ2) is 9.58. The van der Waals surface area contributed by atoms with E-state index in [-0.39, 0.29) is 0 Å². The van der Waals surface area contributed by atoms with Crippen molar-refractivity contribution in [3.05, 3.63) is 29.8 Å². The van der Waals surface area contributed by atoms with Crippen molar-refractivity contribution in [2.24, 2.45) is 0 Å². The van der Waals surface area contributed by atoms with Gasteiger partial charge in [-0.15, -0.1) is 0 Å². The number of methoxy groups -OCH3 is 2. The monoisotopic (exact) mass is 310 g/mol. The average Bonchev–Trinajstić information content (AvgIpc) is 2.51. The summed E-state index contributed by atoms with van der Waals surface area (Å²) in [5.74, 6) is 0.863. The Labute approximate surface area is 133 Å². The fourth-order valence-electron chi connectivity index (χ4n) is 1.81. The van der Waals surface area contributed by atoms with Crippen LogP contribution in [0.5, 0.6) is 5.75 Å². The number of benzene rings is 1. The normalized spacial score (nSPS) is 11.8. The maximum Gasteiger partial charge on any atom is 0.169 e. The van der Waals surface area contributed by atoms with E-state index in [0.29, 0.717) is 12.6 Å². The Hall–Kier alpha value is -1.33. The van der Waals surface area contributed by atoms with Gasteiger partial charge in [0, 0.05) is 26.2 Å². The molecule has 1 aromatic rings. The van der Waals surface area contributed by atoms with E-state index in [0.717, 1.165) is 30.4 Å². The topological polar surface area (TPSA) is 33.7 Å². The van der Waals surface area contributed by atoms with E-state index < -0.39 is 0 Å². The third-order valence-corrected chi connectivity index (χ3v) is 3.74. The lowest BCUT2D eigenvalue weighted by Gasteiger charge is -2.27. The number of rotatable bonds is 8. The number of hydrogen-bond acceptors (Lipinski definition) is 3. The summed E-state index contributed by atoms with van der Waals surface area (Å²) in [6.45, 7) is 6.45. The molecule has 0 unspecified atom stereocenters. The van der Waals surface area contributed by atoms with Crippen LogP contribution in [0.25, 0.3) is 0 Å². The first-order chi connectivity index (χ1) is 10.1. The fourth-order valence-corrected chi connectivity index (χ4v) is 2.17. The molecule has 0 aliphatic rings. The van der Waals surface area contributed by atoms with Crippen molar-refractivity contribution in [1.29, 1.82) is 0 Å². The molecular weight excluding hydrogens is 284 g/mol. The molecule has 21 heavy (non-hydrogen) atoms. The Morgan fingerprint density at radius 1 is 1.29 bits per heavy atom. The quantitative estimate of drug-likeness (QED) is 0.747. The fraction of sp³-hybridized carbons (Fsp3) is 0.562. The molecule has 0 aromatic heterocycles. The molecule has 5 heteroatoms. The number of nitrogens with one attached hydrogen (secondary N) is 1. The van der Waals surface area contributed by atoms with E-state index in [1.165, 1.54) is 5.56 Å². The van der Waals surface area contributed by atoms with E-state index in [1.807, 2.05) is 12.1 Å². The Morgan fingerprint density at radius 3 is 2.48 bits per heavy atom. The predicted octanol–water partition coefficient (Wildman–Crippen LogP) is 2.82. The van der Waals surface area contributed by atoms with Crippen molar-refractivity contribution < 1.29 is 9.47 Å². The zero-order chi connectivity index (χ0) is 15.7. The van der Waals surface area contributed by atoms with Crippen LogP contribution in [0, 0.1) is 0 Å². The smallest absolute Gasteiger partial charge is 0.169 e. The van der Waals surface area contributed by atoms with Crippen LogP contribution in [0.2, 0.25) is 0 Å². The predicted molar refractivity (Wildman–Crippen MR) is 90.8 cm³/mol. The van der Waals surface area contributed by atoms with Crippen LogP contribution in [-0.2, 0) is 11.3 Å². The molecule has 1 rings (SSSR count). The molecule has 118 valence electrons. The van der Waals surface area contributed by atoms with Crippen molar-refractivity contribution in [2.45, 2.75) is 32.9 Å². The first kappa shape index (κ1) is 17.7. The highest BCUT2D eigenvalue weighted by atomic mass is 32.1. The van der Waals surface area contributed by atoms with Gasteiger partial charge in [0.05, 0.1) is 13.7 Å². The number of nitrogens with zero attached hydrogens (tertiary/aromatic N) is 1. The third kappa shape index (κ3) is 6.31. The van der Waals surface area contributed by atoms with Crippen molar-refractivity contribution in [3.8, 4) is 5.75 Å². The van der Waals surface area contributed by atoms with E-state index in [1.54, 1.807) is 14.2 Å². The summed E-state index contributed by atoms with van der Waals surface area (Å²) < 4.78 is 10.4. The van der Waals surface area contributed by atoms with E-state index >= 15 is 0 Å². The third-order valence-electron chi connectivity index (χ3n) is 3.37. The molecule has 1 N–H and O–H groups in total.